The van der Waals surface area contributed by atoms with Gasteiger partial charge in [-0.1, -0.05) is 65.7 Å². The number of nitrogens with zero attached hydrogens (tertiary/aromatic N) is 2. The summed E-state index contributed by atoms with van der Waals surface area (Å²) >= 11 is 12.4. The van der Waals surface area contributed by atoms with Crippen LogP contribution in [0.2, 0.25) is 10.0 Å². The van der Waals surface area contributed by atoms with Gasteiger partial charge in [0.05, 0.1) is 10.6 Å². The topological polar surface area (TPSA) is 86.8 Å². The third-order valence-corrected chi connectivity index (χ3v) is 8.17. The first-order valence-electron chi connectivity index (χ1n) is 12.1. The zero-order valence-corrected chi connectivity index (χ0v) is 24.0. The van der Waals surface area contributed by atoms with Crippen molar-refractivity contribution >= 4 is 50.7 Å². The lowest BCUT2D eigenvalue weighted by Crippen LogP contribution is -2.52. The molecule has 0 aliphatic rings. The molecule has 3 aromatic carbocycles. The van der Waals surface area contributed by atoms with E-state index < -0.39 is 28.5 Å². The molecule has 3 aromatic rings. The van der Waals surface area contributed by atoms with Gasteiger partial charge >= 0.3 is 0 Å². The molecule has 0 saturated heterocycles. The average Bonchev–Trinajstić information content (AvgIpc) is 2.85. The van der Waals surface area contributed by atoms with Crippen LogP contribution in [0.25, 0.3) is 0 Å². The minimum absolute atomic E-state index is 0.0000453. The van der Waals surface area contributed by atoms with E-state index in [1.807, 2.05) is 45.0 Å². The van der Waals surface area contributed by atoms with Crippen LogP contribution in [0, 0.1) is 6.92 Å². The van der Waals surface area contributed by atoms with Crippen molar-refractivity contribution in [2.24, 2.45) is 0 Å². The van der Waals surface area contributed by atoms with Gasteiger partial charge in [-0.2, -0.15) is 0 Å². The number of rotatable bonds is 10. The van der Waals surface area contributed by atoms with Crippen LogP contribution >= 0.6 is 23.2 Å². The Morgan fingerprint density at radius 2 is 1.47 bits per heavy atom. The van der Waals surface area contributed by atoms with E-state index in [1.165, 1.54) is 35.2 Å². The molecule has 0 bridgehead atoms. The number of carbonyl (C=O) groups is 2. The SMILES string of the molecule is Cc1ccccc1CN(C(=O)CN(c1cc(Cl)cc(Cl)c1)S(=O)(=O)c1ccccc1)[C@@H](C)C(=O)NC(C)C. The maximum atomic E-state index is 13.9. The Bertz CT molecular complexity index is 1380. The maximum Gasteiger partial charge on any atom is 0.264 e. The van der Waals surface area contributed by atoms with Crippen LogP contribution < -0.4 is 9.62 Å². The van der Waals surface area contributed by atoms with Crippen LogP contribution in [0.5, 0.6) is 0 Å². The Kier molecular flexibility index (Phi) is 9.82. The summed E-state index contributed by atoms with van der Waals surface area (Å²) in [5.41, 5.74) is 1.92. The molecule has 0 aromatic heterocycles. The predicted octanol–water partition coefficient (Wildman–Crippen LogP) is 5.44. The van der Waals surface area contributed by atoms with Crippen molar-refractivity contribution in [3.05, 3.63) is 94.0 Å². The summed E-state index contributed by atoms with van der Waals surface area (Å²) in [7, 11) is -4.19. The van der Waals surface area contributed by atoms with E-state index >= 15 is 0 Å². The summed E-state index contributed by atoms with van der Waals surface area (Å²) < 4.78 is 28.5. The molecule has 0 fully saturated rings. The highest BCUT2D eigenvalue weighted by molar-refractivity contribution is 7.92. The smallest absolute Gasteiger partial charge is 0.264 e. The number of halogens is 2. The molecule has 0 radical (unpaired) electrons. The molecular formula is C28H31Cl2N3O4S. The van der Waals surface area contributed by atoms with E-state index in [2.05, 4.69) is 5.32 Å². The van der Waals surface area contributed by atoms with Crippen molar-refractivity contribution in [3.8, 4) is 0 Å². The van der Waals surface area contributed by atoms with E-state index in [1.54, 1.807) is 25.1 Å². The molecule has 3 rings (SSSR count). The second kappa shape index (κ2) is 12.7. The summed E-state index contributed by atoms with van der Waals surface area (Å²) in [6, 6.07) is 18.7. The zero-order valence-electron chi connectivity index (χ0n) is 21.7. The normalized spacial score (nSPS) is 12.2. The molecule has 202 valence electrons. The van der Waals surface area contributed by atoms with E-state index in [-0.39, 0.29) is 39.1 Å². The standard InChI is InChI=1S/C28H31Cl2N3O4S/c1-19(2)31-28(35)21(4)32(17-22-11-9-8-10-20(22)3)27(34)18-33(25-15-23(29)14-24(30)16-25)38(36,37)26-12-6-5-7-13-26/h5-16,19,21H,17-18H2,1-4H3,(H,31,35)/t21-/m0/s1. The Morgan fingerprint density at radius 3 is 2.05 bits per heavy atom. The molecule has 0 unspecified atom stereocenters. The summed E-state index contributed by atoms with van der Waals surface area (Å²) in [5.74, 6) is -0.902. The Balaban J connectivity index is 2.07. The monoisotopic (exact) mass is 575 g/mol. The fourth-order valence-electron chi connectivity index (χ4n) is 3.89. The molecule has 7 nitrogen and oxygen atoms in total. The van der Waals surface area contributed by atoms with Gasteiger partial charge in [-0.3, -0.25) is 13.9 Å². The molecule has 0 heterocycles. The third kappa shape index (κ3) is 7.28. The second-order valence-electron chi connectivity index (χ2n) is 9.24. The molecule has 2 amide bonds. The first-order valence-corrected chi connectivity index (χ1v) is 14.3. The van der Waals surface area contributed by atoms with E-state index in [4.69, 9.17) is 23.2 Å². The molecule has 0 aliphatic carbocycles. The molecule has 1 atom stereocenters. The molecular weight excluding hydrogens is 545 g/mol. The number of hydrogen-bond donors (Lipinski definition) is 1. The Morgan fingerprint density at radius 1 is 0.895 bits per heavy atom. The Labute approximate surface area is 234 Å². The summed E-state index contributed by atoms with van der Waals surface area (Å²) in [5, 5.41) is 3.27. The number of benzene rings is 3. The third-order valence-electron chi connectivity index (χ3n) is 5.95. The van der Waals surface area contributed by atoms with Crippen LogP contribution in [0.15, 0.2) is 77.7 Å². The summed E-state index contributed by atoms with van der Waals surface area (Å²) in [4.78, 5) is 28.3. The number of sulfonamides is 1. The fourth-order valence-corrected chi connectivity index (χ4v) is 5.82. The zero-order chi connectivity index (χ0) is 28.0. The molecule has 0 aliphatic heterocycles. The summed E-state index contributed by atoms with van der Waals surface area (Å²) in [6.07, 6.45) is 0. The van der Waals surface area contributed by atoms with Gasteiger partial charge in [0, 0.05) is 22.6 Å². The molecule has 1 N–H and O–H groups in total. The van der Waals surface area contributed by atoms with Gasteiger partial charge in [0.25, 0.3) is 10.0 Å². The van der Waals surface area contributed by atoms with Gasteiger partial charge in [0.15, 0.2) is 0 Å². The minimum Gasteiger partial charge on any atom is -0.352 e. The highest BCUT2D eigenvalue weighted by Gasteiger charge is 2.33. The minimum atomic E-state index is -4.19. The van der Waals surface area contributed by atoms with E-state index in [0.29, 0.717) is 0 Å². The number of aryl methyl sites for hydroxylation is 1. The van der Waals surface area contributed by atoms with Crippen molar-refractivity contribution < 1.29 is 18.0 Å². The van der Waals surface area contributed by atoms with E-state index in [0.717, 1.165) is 15.4 Å². The summed E-state index contributed by atoms with van der Waals surface area (Å²) in [6.45, 7) is 6.74. The van der Waals surface area contributed by atoms with Crippen LogP contribution in [0.3, 0.4) is 0 Å². The van der Waals surface area contributed by atoms with E-state index in [9.17, 15) is 18.0 Å². The maximum absolute atomic E-state index is 13.9. The van der Waals surface area contributed by atoms with Crippen molar-refractivity contribution in [3.63, 3.8) is 0 Å². The van der Waals surface area contributed by atoms with Crippen molar-refractivity contribution in [1.29, 1.82) is 0 Å². The Hall–Kier alpha value is -3.07. The van der Waals surface area contributed by atoms with Gasteiger partial charge in [0.1, 0.15) is 12.6 Å². The molecule has 0 saturated carbocycles. The van der Waals surface area contributed by atoms with Gasteiger partial charge in [-0.25, -0.2) is 8.42 Å². The first-order chi connectivity index (χ1) is 17.9. The van der Waals surface area contributed by atoms with Gasteiger partial charge in [0.2, 0.25) is 11.8 Å². The number of anilines is 1. The molecule has 10 heteroatoms. The predicted molar refractivity (Wildman–Crippen MR) is 152 cm³/mol. The highest BCUT2D eigenvalue weighted by Crippen LogP contribution is 2.30. The number of carbonyl (C=O) groups excluding carboxylic acids is 2. The molecule has 0 spiro atoms. The number of nitrogens with one attached hydrogen (secondary N) is 1. The lowest BCUT2D eigenvalue weighted by molar-refractivity contribution is -0.139. The largest absolute Gasteiger partial charge is 0.352 e. The number of hydrogen-bond acceptors (Lipinski definition) is 4. The molecule has 38 heavy (non-hydrogen) atoms. The van der Waals surface area contributed by atoms with Crippen LogP contribution in [0.1, 0.15) is 31.9 Å². The van der Waals surface area contributed by atoms with Gasteiger partial charge in [-0.05, 0) is 69.2 Å². The van der Waals surface area contributed by atoms with Crippen molar-refractivity contribution in [1.82, 2.24) is 10.2 Å². The van der Waals surface area contributed by atoms with Gasteiger partial charge < -0.3 is 10.2 Å². The van der Waals surface area contributed by atoms with Crippen LogP contribution in [-0.2, 0) is 26.2 Å². The first kappa shape index (κ1) is 29.5. The van der Waals surface area contributed by atoms with Crippen molar-refractivity contribution in [2.75, 3.05) is 10.8 Å². The number of amides is 2. The lowest BCUT2D eigenvalue weighted by Gasteiger charge is -2.32. The van der Waals surface area contributed by atoms with Gasteiger partial charge in [-0.15, -0.1) is 0 Å². The quantitative estimate of drug-likeness (QED) is 0.348. The van der Waals surface area contributed by atoms with Crippen LogP contribution in [0.4, 0.5) is 5.69 Å². The highest BCUT2D eigenvalue weighted by atomic mass is 35.5. The second-order valence-corrected chi connectivity index (χ2v) is 12.0. The van der Waals surface area contributed by atoms with Crippen molar-refractivity contribution in [2.45, 2.75) is 51.2 Å². The average molecular weight is 577 g/mol. The lowest BCUT2D eigenvalue weighted by atomic mass is 10.1. The fraction of sp³-hybridized carbons (Fsp3) is 0.286. The van der Waals surface area contributed by atoms with Crippen LogP contribution in [-0.4, -0.2) is 43.8 Å².